The Morgan fingerprint density at radius 1 is 1.31 bits per heavy atom. The van der Waals surface area contributed by atoms with E-state index in [1.807, 2.05) is 0 Å². The van der Waals surface area contributed by atoms with E-state index < -0.39 is 5.97 Å². The first-order valence-corrected chi connectivity index (χ1v) is 4.75. The molecule has 0 radical (unpaired) electrons. The van der Waals surface area contributed by atoms with Gasteiger partial charge < -0.3 is 10.4 Å². The van der Waals surface area contributed by atoms with Crippen LogP contribution in [-0.2, 0) is 4.79 Å². The van der Waals surface area contributed by atoms with Gasteiger partial charge in [-0.05, 0) is 18.8 Å². The van der Waals surface area contributed by atoms with Gasteiger partial charge in [0.25, 0.3) is 0 Å². The van der Waals surface area contributed by atoms with Gasteiger partial charge in [-0.3, -0.25) is 4.79 Å². The van der Waals surface area contributed by atoms with Crippen LogP contribution in [0.5, 0.6) is 0 Å². The highest BCUT2D eigenvalue weighted by molar-refractivity contribution is 5.85. The lowest BCUT2D eigenvalue weighted by Crippen LogP contribution is -2.31. The summed E-state index contributed by atoms with van der Waals surface area (Å²) in [6.45, 7) is 0.685. The lowest BCUT2D eigenvalue weighted by Gasteiger charge is -2.26. The Morgan fingerprint density at radius 2 is 2.00 bits per heavy atom. The van der Waals surface area contributed by atoms with Crippen LogP contribution in [0.4, 0.5) is 0 Å². The van der Waals surface area contributed by atoms with Crippen LogP contribution < -0.4 is 5.32 Å². The third-order valence-electron chi connectivity index (χ3n) is 3.25. The molecule has 0 spiro atoms. The van der Waals surface area contributed by atoms with Gasteiger partial charge in [-0.1, -0.05) is 12.8 Å². The number of carboxylic acids is 1. The number of rotatable bonds is 1. The molecular formula is C9H16ClNO2. The normalized spacial score (nSPS) is 37.7. The molecule has 0 amide bonds. The molecule has 2 rings (SSSR count). The quantitative estimate of drug-likeness (QED) is 0.678. The molecule has 2 fully saturated rings. The zero-order chi connectivity index (χ0) is 8.55. The van der Waals surface area contributed by atoms with Crippen molar-refractivity contribution in [2.75, 3.05) is 6.54 Å². The minimum atomic E-state index is -0.614. The Kier molecular flexibility index (Phi) is 3.56. The summed E-state index contributed by atoms with van der Waals surface area (Å²) in [5.74, 6) is -0.316. The Labute approximate surface area is 84.3 Å². The largest absolute Gasteiger partial charge is 0.481 e. The van der Waals surface area contributed by atoms with Gasteiger partial charge in [-0.25, -0.2) is 0 Å². The van der Waals surface area contributed by atoms with Crippen LogP contribution in [0.3, 0.4) is 0 Å². The highest BCUT2D eigenvalue weighted by Gasteiger charge is 2.40. The predicted molar refractivity (Wildman–Crippen MR) is 52.1 cm³/mol. The molecule has 4 heteroatoms. The van der Waals surface area contributed by atoms with E-state index in [0.29, 0.717) is 18.5 Å². The van der Waals surface area contributed by atoms with Gasteiger partial charge in [-0.2, -0.15) is 0 Å². The number of hydrogen-bond donors (Lipinski definition) is 2. The van der Waals surface area contributed by atoms with Crippen molar-refractivity contribution in [2.45, 2.75) is 31.7 Å². The van der Waals surface area contributed by atoms with E-state index >= 15 is 0 Å². The number of carbonyl (C=O) groups is 1. The van der Waals surface area contributed by atoms with Crippen LogP contribution in [0.25, 0.3) is 0 Å². The van der Waals surface area contributed by atoms with Crippen molar-refractivity contribution in [2.24, 2.45) is 11.8 Å². The average molecular weight is 206 g/mol. The molecule has 1 heterocycles. The van der Waals surface area contributed by atoms with Crippen LogP contribution in [-0.4, -0.2) is 23.7 Å². The van der Waals surface area contributed by atoms with E-state index in [1.165, 1.54) is 19.3 Å². The highest BCUT2D eigenvalue weighted by atomic mass is 35.5. The molecule has 1 aliphatic heterocycles. The van der Waals surface area contributed by atoms with Crippen molar-refractivity contribution in [3.05, 3.63) is 0 Å². The van der Waals surface area contributed by atoms with E-state index in [2.05, 4.69) is 5.32 Å². The molecule has 0 aromatic carbocycles. The molecule has 13 heavy (non-hydrogen) atoms. The number of halogens is 1. The van der Waals surface area contributed by atoms with E-state index in [9.17, 15) is 4.79 Å². The van der Waals surface area contributed by atoms with Crippen molar-refractivity contribution < 1.29 is 9.90 Å². The van der Waals surface area contributed by atoms with Crippen molar-refractivity contribution in [3.63, 3.8) is 0 Å². The van der Waals surface area contributed by atoms with E-state index in [-0.39, 0.29) is 18.3 Å². The Hall–Kier alpha value is -0.280. The maximum Gasteiger partial charge on any atom is 0.308 e. The van der Waals surface area contributed by atoms with Crippen LogP contribution in [0, 0.1) is 11.8 Å². The fourth-order valence-electron chi connectivity index (χ4n) is 2.59. The van der Waals surface area contributed by atoms with Crippen molar-refractivity contribution in [3.8, 4) is 0 Å². The van der Waals surface area contributed by atoms with Crippen LogP contribution in [0.15, 0.2) is 0 Å². The molecule has 2 unspecified atom stereocenters. The number of fused-ring (bicyclic) bond motifs is 1. The monoisotopic (exact) mass is 205 g/mol. The van der Waals surface area contributed by atoms with Gasteiger partial charge in [0.1, 0.15) is 0 Å². The SMILES string of the molecule is Cl.O=C(O)C1CN[C@H]2CCCCC12. The maximum atomic E-state index is 10.8. The second-order valence-corrected chi connectivity index (χ2v) is 3.91. The maximum absolute atomic E-state index is 10.8. The average Bonchev–Trinajstić information content (AvgIpc) is 2.47. The predicted octanol–water partition coefficient (Wildman–Crippen LogP) is 1.27. The van der Waals surface area contributed by atoms with Crippen LogP contribution in [0.2, 0.25) is 0 Å². The van der Waals surface area contributed by atoms with Crippen molar-refractivity contribution >= 4 is 18.4 Å². The highest BCUT2D eigenvalue weighted by Crippen LogP contribution is 2.34. The first kappa shape index (κ1) is 10.8. The number of carboxylic acid groups (broad SMARTS) is 1. The molecule has 76 valence electrons. The molecule has 2 N–H and O–H groups in total. The molecule has 1 aliphatic carbocycles. The standard InChI is InChI=1S/C9H15NO2.ClH/c11-9(12)7-5-10-8-4-2-1-3-6(7)8;/h6-8,10H,1-5H2,(H,11,12);1H/t6?,7?,8-;/m0./s1. The molecule has 3 atom stereocenters. The zero-order valence-electron chi connectivity index (χ0n) is 7.53. The summed E-state index contributed by atoms with van der Waals surface area (Å²) >= 11 is 0. The summed E-state index contributed by atoms with van der Waals surface area (Å²) < 4.78 is 0. The van der Waals surface area contributed by atoms with E-state index in [4.69, 9.17) is 5.11 Å². The smallest absolute Gasteiger partial charge is 0.308 e. The Bertz CT molecular complexity index is 198. The van der Waals surface area contributed by atoms with E-state index in [1.54, 1.807) is 0 Å². The molecular weight excluding hydrogens is 190 g/mol. The first-order valence-electron chi connectivity index (χ1n) is 4.75. The van der Waals surface area contributed by atoms with Gasteiger partial charge in [0, 0.05) is 12.6 Å². The molecule has 0 aromatic heterocycles. The fourth-order valence-corrected chi connectivity index (χ4v) is 2.59. The molecule has 0 aromatic rings. The molecule has 3 nitrogen and oxygen atoms in total. The molecule has 1 saturated heterocycles. The lowest BCUT2D eigenvalue weighted by molar-refractivity contribution is -0.142. The topological polar surface area (TPSA) is 49.3 Å². The lowest BCUT2D eigenvalue weighted by atomic mass is 9.80. The summed E-state index contributed by atoms with van der Waals surface area (Å²) in [5, 5.41) is 12.2. The second-order valence-electron chi connectivity index (χ2n) is 3.91. The van der Waals surface area contributed by atoms with Gasteiger partial charge in [0.2, 0.25) is 0 Å². The number of hydrogen-bond acceptors (Lipinski definition) is 2. The minimum absolute atomic E-state index is 0. The summed E-state index contributed by atoms with van der Waals surface area (Å²) in [6.07, 6.45) is 4.76. The number of nitrogens with one attached hydrogen (secondary N) is 1. The third kappa shape index (κ3) is 1.97. The minimum Gasteiger partial charge on any atom is -0.481 e. The van der Waals surface area contributed by atoms with Crippen LogP contribution >= 0.6 is 12.4 Å². The van der Waals surface area contributed by atoms with E-state index in [0.717, 1.165) is 6.42 Å². The second kappa shape index (κ2) is 4.29. The van der Waals surface area contributed by atoms with Crippen LogP contribution in [0.1, 0.15) is 25.7 Å². The summed E-state index contributed by atoms with van der Waals surface area (Å²) in [4.78, 5) is 10.8. The molecule has 2 aliphatic rings. The first-order chi connectivity index (χ1) is 5.79. The molecule has 0 bridgehead atoms. The van der Waals surface area contributed by atoms with Gasteiger partial charge in [0.05, 0.1) is 5.92 Å². The van der Waals surface area contributed by atoms with Gasteiger partial charge >= 0.3 is 5.97 Å². The summed E-state index contributed by atoms with van der Waals surface area (Å²) in [6, 6.07) is 0.500. The van der Waals surface area contributed by atoms with Crippen molar-refractivity contribution in [1.29, 1.82) is 0 Å². The number of aliphatic carboxylic acids is 1. The van der Waals surface area contributed by atoms with Gasteiger partial charge in [0.15, 0.2) is 0 Å². The third-order valence-corrected chi connectivity index (χ3v) is 3.25. The molecule has 1 saturated carbocycles. The summed E-state index contributed by atoms with van der Waals surface area (Å²) in [5.41, 5.74) is 0. The van der Waals surface area contributed by atoms with Gasteiger partial charge in [-0.15, -0.1) is 12.4 Å². The van der Waals surface area contributed by atoms with Crippen molar-refractivity contribution in [1.82, 2.24) is 5.32 Å². The fraction of sp³-hybridized carbons (Fsp3) is 0.889. The Balaban J connectivity index is 0.000000845. The summed E-state index contributed by atoms with van der Waals surface area (Å²) in [7, 11) is 0. The Morgan fingerprint density at radius 3 is 2.69 bits per heavy atom. The zero-order valence-corrected chi connectivity index (χ0v) is 8.35.